The fraction of sp³-hybridized carbons (Fsp3) is 0.600. The van der Waals surface area contributed by atoms with Gasteiger partial charge in [-0.25, -0.2) is 4.79 Å². The molecule has 0 aromatic rings. The zero-order valence-electron chi connectivity index (χ0n) is 9.09. The highest BCUT2D eigenvalue weighted by Crippen LogP contribution is 2.05. The molecule has 1 N–H and O–H groups in total. The number of amides is 1. The summed E-state index contributed by atoms with van der Waals surface area (Å²) >= 11 is 0. The highest BCUT2D eigenvalue weighted by Gasteiger charge is 2.07. The molecule has 0 bridgehead atoms. The number of hydrogen-bond donors (Lipinski definition) is 1. The first kappa shape index (κ1) is 12.7. The Balaban J connectivity index is 4.47. The SMILES string of the molecule is CCOC(=O)/C=C(/NC(C)=O)C(C)C. The molecule has 14 heavy (non-hydrogen) atoms. The summed E-state index contributed by atoms with van der Waals surface area (Å²) in [4.78, 5) is 21.9. The average Bonchev–Trinajstić information content (AvgIpc) is 2.02. The highest BCUT2D eigenvalue weighted by molar-refractivity contribution is 5.84. The minimum atomic E-state index is -0.426. The molecule has 4 heteroatoms. The third-order valence-electron chi connectivity index (χ3n) is 1.50. The van der Waals surface area contributed by atoms with Crippen molar-refractivity contribution in [2.45, 2.75) is 27.7 Å². The topological polar surface area (TPSA) is 55.4 Å². The number of carbonyl (C=O) groups excluding carboxylic acids is 2. The van der Waals surface area contributed by atoms with Crippen molar-refractivity contribution in [3.8, 4) is 0 Å². The van der Waals surface area contributed by atoms with Crippen molar-refractivity contribution in [3.63, 3.8) is 0 Å². The molecule has 0 aliphatic carbocycles. The van der Waals surface area contributed by atoms with Crippen LogP contribution in [-0.2, 0) is 14.3 Å². The normalized spacial score (nSPS) is 11.4. The van der Waals surface area contributed by atoms with Gasteiger partial charge in [-0.05, 0) is 12.8 Å². The third kappa shape index (κ3) is 5.35. The molecular weight excluding hydrogens is 182 g/mol. The molecule has 1 amide bonds. The van der Waals surface area contributed by atoms with E-state index < -0.39 is 5.97 Å². The lowest BCUT2D eigenvalue weighted by atomic mass is 10.1. The van der Waals surface area contributed by atoms with Gasteiger partial charge in [0.15, 0.2) is 0 Å². The molecule has 0 aliphatic heterocycles. The quantitative estimate of drug-likeness (QED) is 0.547. The van der Waals surface area contributed by atoms with Gasteiger partial charge in [0.25, 0.3) is 0 Å². The van der Waals surface area contributed by atoms with Crippen LogP contribution in [0.4, 0.5) is 0 Å². The number of hydrogen-bond acceptors (Lipinski definition) is 3. The Morgan fingerprint density at radius 2 is 2.00 bits per heavy atom. The van der Waals surface area contributed by atoms with Crippen molar-refractivity contribution in [1.82, 2.24) is 5.32 Å². The van der Waals surface area contributed by atoms with E-state index in [1.807, 2.05) is 13.8 Å². The second kappa shape index (κ2) is 6.18. The summed E-state index contributed by atoms with van der Waals surface area (Å²) in [5, 5.41) is 2.59. The second-order valence-electron chi connectivity index (χ2n) is 3.19. The summed E-state index contributed by atoms with van der Waals surface area (Å²) in [5.74, 6) is -0.525. The maximum atomic E-state index is 11.1. The number of nitrogens with one attached hydrogen (secondary N) is 1. The van der Waals surface area contributed by atoms with E-state index in [1.165, 1.54) is 13.0 Å². The number of allylic oxidation sites excluding steroid dienone is 1. The van der Waals surface area contributed by atoms with E-state index in [1.54, 1.807) is 6.92 Å². The van der Waals surface area contributed by atoms with E-state index in [2.05, 4.69) is 5.32 Å². The second-order valence-corrected chi connectivity index (χ2v) is 3.19. The summed E-state index contributed by atoms with van der Waals surface area (Å²) in [6.07, 6.45) is 1.32. The summed E-state index contributed by atoms with van der Waals surface area (Å²) in [6.45, 7) is 7.25. The van der Waals surface area contributed by atoms with Crippen molar-refractivity contribution >= 4 is 11.9 Å². The minimum absolute atomic E-state index is 0.0864. The number of carbonyl (C=O) groups is 2. The van der Waals surface area contributed by atoms with Crippen LogP contribution in [0, 0.1) is 5.92 Å². The first-order valence-corrected chi connectivity index (χ1v) is 4.63. The number of ether oxygens (including phenoxy) is 1. The Labute approximate surface area is 84.3 Å². The molecule has 80 valence electrons. The third-order valence-corrected chi connectivity index (χ3v) is 1.50. The van der Waals surface area contributed by atoms with Gasteiger partial charge in [0.2, 0.25) is 5.91 Å². The molecule has 0 aromatic carbocycles. The molecule has 4 nitrogen and oxygen atoms in total. The predicted octanol–water partition coefficient (Wildman–Crippen LogP) is 1.23. The Kier molecular flexibility index (Phi) is 5.60. The summed E-state index contributed by atoms with van der Waals surface area (Å²) in [6, 6.07) is 0. The minimum Gasteiger partial charge on any atom is -0.463 e. The van der Waals surface area contributed by atoms with Gasteiger partial charge in [-0.3, -0.25) is 4.79 Å². The van der Waals surface area contributed by atoms with Crippen molar-refractivity contribution in [1.29, 1.82) is 0 Å². The van der Waals surface area contributed by atoms with E-state index in [-0.39, 0.29) is 11.8 Å². The summed E-state index contributed by atoms with van der Waals surface area (Å²) in [5.41, 5.74) is 0.580. The first-order valence-electron chi connectivity index (χ1n) is 4.63. The van der Waals surface area contributed by atoms with Gasteiger partial charge < -0.3 is 10.1 Å². The largest absolute Gasteiger partial charge is 0.463 e. The van der Waals surface area contributed by atoms with Crippen LogP contribution in [0.25, 0.3) is 0 Å². The van der Waals surface area contributed by atoms with Crippen molar-refractivity contribution in [2.24, 2.45) is 5.92 Å². The molecule has 0 aliphatic rings. The van der Waals surface area contributed by atoms with Crippen LogP contribution in [0.1, 0.15) is 27.7 Å². The fourth-order valence-electron chi connectivity index (χ4n) is 0.861. The average molecular weight is 199 g/mol. The Morgan fingerprint density at radius 3 is 2.36 bits per heavy atom. The van der Waals surface area contributed by atoms with E-state index in [4.69, 9.17) is 4.74 Å². The lowest BCUT2D eigenvalue weighted by Crippen LogP contribution is -2.23. The van der Waals surface area contributed by atoms with E-state index in [9.17, 15) is 9.59 Å². The maximum Gasteiger partial charge on any atom is 0.332 e. The zero-order valence-corrected chi connectivity index (χ0v) is 9.09. The summed E-state index contributed by atoms with van der Waals surface area (Å²) < 4.78 is 4.74. The van der Waals surface area contributed by atoms with E-state index in [0.29, 0.717) is 12.3 Å². The number of esters is 1. The van der Waals surface area contributed by atoms with Gasteiger partial charge in [0.1, 0.15) is 0 Å². The Bertz CT molecular complexity index is 244. The van der Waals surface area contributed by atoms with Crippen molar-refractivity contribution < 1.29 is 14.3 Å². The first-order chi connectivity index (χ1) is 6.47. The molecule has 0 radical (unpaired) electrons. The van der Waals surface area contributed by atoms with Crippen LogP contribution in [0.5, 0.6) is 0 Å². The van der Waals surface area contributed by atoms with Crippen LogP contribution < -0.4 is 5.32 Å². The Morgan fingerprint density at radius 1 is 1.43 bits per heavy atom. The molecule has 0 atom stereocenters. The monoisotopic (exact) mass is 199 g/mol. The van der Waals surface area contributed by atoms with E-state index >= 15 is 0 Å². The molecule has 0 saturated heterocycles. The van der Waals surface area contributed by atoms with Crippen LogP contribution in [0.3, 0.4) is 0 Å². The summed E-state index contributed by atoms with van der Waals surface area (Å²) in [7, 11) is 0. The molecule has 0 rings (SSSR count). The maximum absolute atomic E-state index is 11.1. The molecule has 0 unspecified atom stereocenters. The van der Waals surface area contributed by atoms with Gasteiger partial charge in [0, 0.05) is 18.7 Å². The lowest BCUT2D eigenvalue weighted by Gasteiger charge is -2.11. The lowest BCUT2D eigenvalue weighted by molar-refractivity contribution is -0.137. The van der Waals surface area contributed by atoms with Gasteiger partial charge in [0.05, 0.1) is 6.61 Å². The standard InChI is InChI=1S/C10H17NO3/c1-5-14-10(13)6-9(7(2)3)11-8(4)12/h6-7H,5H2,1-4H3,(H,11,12)/b9-6+. The predicted molar refractivity (Wildman–Crippen MR) is 53.4 cm³/mol. The van der Waals surface area contributed by atoms with Crippen LogP contribution >= 0.6 is 0 Å². The van der Waals surface area contributed by atoms with Gasteiger partial charge in [-0.2, -0.15) is 0 Å². The molecule has 0 saturated carbocycles. The molecule has 0 aromatic heterocycles. The molecule has 0 spiro atoms. The zero-order chi connectivity index (χ0) is 11.1. The molecular formula is C10H17NO3. The van der Waals surface area contributed by atoms with Crippen molar-refractivity contribution in [2.75, 3.05) is 6.61 Å². The smallest absolute Gasteiger partial charge is 0.332 e. The Hall–Kier alpha value is -1.32. The molecule has 0 heterocycles. The van der Waals surface area contributed by atoms with Crippen LogP contribution in [-0.4, -0.2) is 18.5 Å². The highest BCUT2D eigenvalue weighted by atomic mass is 16.5. The fourth-order valence-corrected chi connectivity index (χ4v) is 0.861. The molecule has 0 fully saturated rings. The van der Waals surface area contributed by atoms with Crippen LogP contribution in [0.15, 0.2) is 11.8 Å². The number of rotatable bonds is 4. The van der Waals surface area contributed by atoms with Crippen molar-refractivity contribution in [3.05, 3.63) is 11.8 Å². The van der Waals surface area contributed by atoms with E-state index in [0.717, 1.165) is 0 Å². The van der Waals surface area contributed by atoms with Gasteiger partial charge in [-0.1, -0.05) is 13.8 Å². The van der Waals surface area contributed by atoms with Crippen LogP contribution in [0.2, 0.25) is 0 Å². The van der Waals surface area contributed by atoms with Gasteiger partial charge in [-0.15, -0.1) is 0 Å². The van der Waals surface area contributed by atoms with Gasteiger partial charge >= 0.3 is 5.97 Å².